The standard InChI is InChI=1S/C6H14O2S2.C5H12/c1-4-5(9)6(10,7-2)8-3;1-5(2,3)4/h5,9-10H,4H2,1-3H3;1-4H3. The molecule has 0 radical (unpaired) electrons. The van der Waals surface area contributed by atoms with Gasteiger partial charge in [0, 0.05) is 14.2 Å². The predicted molar refractivity (Wildman–Crippen MR) is 73.9 cm³/mol. The minimum absolute atomic E-state index is 0.00849. The van der Waals surface area contributed by atoms with E-state index in [0.29, 0.717) is 5.41 Å². The van der Waals surface area contributed by atoms with Gasteiger partial charge in [-0.05, 0) is 11.8 Å². The SMILES string of the molecule is CC(C)(C)C.CCC(S)C(S)(OC)OC. The highest BCUT2D eigenvalue weighted by molar-refractivity contribution is 7.85. The Hall–Kier alpha value is 0.620. The topological polar surface area (TPSA) is 18.5 Å². The lowest BCUT2D eigenvalue weighted by atomic mass is 10.0. The maximum absolute atomic E-state index is 5.01. The van der Waals surface area contributed by atoms with Gasteiger partial charge in [-0.2, -0.15) is 12.6 Å². The molecule has 0 saturated carbocycles. The summed E-state index contributed by atoms with van der Waals surface area (Å²) in [4.78, 5) is 0. The summed E-state index contributed by atoms with van der Waals surface area (Å²) in [5.41, 5.74) is 0.500. The van der Waals surface area contributed by atoms with Crippen LogP contribution in [-0.2, 0) is 9.47 Å². The molecule has 0 fully saturated rings. The summed E-state index contributed by atoms with van der Waals surface area (Å²) in [5, 5.41) is -0.858. The smallest absolute Gasteiger partial charge is 0.226 e. The molecule has 0 rings (SSSR count). The van der Waals surface area contributed by atoms with Crippen LogP contribution < -0.4 is 0 Å². The summed E-state index contributed by atoms with van der Waals surface area (Å²) >= 11 is 8.42. The van der Waals surface area contributed by atoms with Gasteiger partial charge in [-0.3, -0.25) is 0 Å². The first-order valence-electron chi connectivity index (χ1n) is 5.11. The second-order valence-corrected chi connectivity index (χ2v) is 6.21. The van der Waals surface area contributed by atoms with Gasteiger partial charge in [-0.15, -0.1) is 12.6 Å². The molecule has 0 heterocycles. The van der Waals surface area contributed by atoms with Gasteiger partial charge in [0.15, 0.2) is 0 Å². The van der Waals surface area contributed by atoms with Crippen LogP contribution >= 0.6 is 25.3 Å². The van der Waals surface area contributed by atoms with Crippen molar-refractivity contribution in [2.24, 2.45) is 5.41 Å². The average Bonchev–Trinajstić information content (AvgIpc) is 2.12. The molecular weight excluding hydrogens is 228 g/mol. The van der Waals surface area contributed by atoms with Crippen molar-refractivity contribution in [1.82, 2.24) is 0 Å². The van der Waals surface area contributed by atoms with E-state index in [2.05, 4.69) is 53.0 Å². The minimum atomic E-state index is -0.849. The lowest BCUT2D eigenvalue weighted by Crippen LogP contribution is -2.36. The molecule has 4 heteroatoms. The first-order valence-corrected chi connectivity index (χ1v) is 6.07. The molecule has 2 nitrogen and oxygen atoms in total. The molecule has 0 aliphatic heterocycles. The monoisotopic (exact) mass is 254 g/mol. The van der Waals surface area contributed by atoms with Crippen LogP contribution in [-0.4, -0.2) is 24.6 Å². The van der Waals surface area contributed by atoms with E-state index in [1.54, 1.807) is 14.2 Å². The summed E-state index contributed by atoms with van der Waals surface area (Å²) in [6.07, 6.45) is 0.855. The summed E-state index contributed by atoms with van der Waals surface area (Å²) in [7, 11) is 3.10. The van der Waals surface area contributed by atoms with E-state index in [4.69, 9.17) is 9.47 Å². The van der Waals surface area contributed by atoms with E-state index < -0.39 is 5.12 Å². The second kappa shape index (κ2) is 7.82. The Morgan fingerprint density at radius 1 is 1.07 bits per heavy atom. The van der Waals surface area contributed by atoms with Crippen LogP contribution in [0.2, 0.25) is 0 Å². The molecule has 1 unspecified atom stereocenters. The molecule has 0 spiro atoms. The molecule has 0 aliphatic carbocycles. The van der Waals surface area contributed by atoms with Crippen molar-refractivity contribution >= 4 is 25.3 Å². The van der Waals surface area contributed by atoms with Crippen molar-refractivity contribution in [3.63, 3.8) is 0 Å². The molecule has 0 saturated heterocycles. The lowest BCUT2D eigenvalue weighted by Gasteiger charge is -2.29. The summed E-state index contributed by atoms with van der Waals surface area (Å²) < 4.78 is 10.0. The minimum Gasteiger partial charge on any atom is -0.344 e. The molecule has 94 valence electrons. The van der Waals surface area contributed by atoms with Gasteiger partial charge >= 0.3 is 0 Å². The Labute approximate surface area is 106 Å². The van der Waals surface area contributed by atoms with Crippen LogP contribution in [0.3, 0.4) is 0 Å². The third-order valence-corrected chi connectivity index (χ3v) is 2.98. The molecule has 0 aliphatic rings. The number of methoxy groups -OCH3 is 2. The molecule has 1 atom stereocenters. The fourth-order valence-corrected chi connectivity index (χ4v) is 1.01. The van der Waals surface area contributed by atoms with Crippen molar-refractivity contribution in [2.45, 2.75) is 51.4 Å². The molecule has 0 amide bonds. The van der Waals surface area contributed by atoms with E-state index in [0.717, 1.165) is 6.42 Å². The Balaban J connectivity index is 0. The van der Waals surface area contributed by atoms with E-state index >= 15 is 0 Å². The van der Waals surface area contributed by atoms with Crippen LogP contribution in [0.25, 0.3) is 0 Å². The maximum Gasteiger partial charge on any atom is 0.226 e. The van der Waals surface area contributed by atoms with Gasteiger partial charge in [0.25, 0.3) is 0 Å². The zero-order valence-corrected chi connectivity index (χ0v) is 12.8. The highest BCUT2D eigenvalue weighted by Crippen LogP contribution is 2.27. The Morgan fingerprint density at radius 3 is 1.40 bits per heavy atom. The van der Waals surface area contributed by atoms with Crippen LogP contribution in [0.1, 0.15) is 41.0 Å². The third kappa shape index (κ3) is 10.9. The quantitative estimate of drug-likeness (QED) is 0.589. The van der Waals surface area contributed by atoms with Crippen LogP contribution in [0.4, 0.5) is 0 Å². The van der Waals surface area contributed by atoms with Gasteiger partial charge in [0.1, 0.15) is 0 Å². The Kier molecular flexibility index (Phi) is 9.39. The number of ether oxygens (including phenoxy) is 2. The second-order valence-electron chi connectivity index (χ2n) is 4.96. The van der Waals surface area contributed by atoms with Crippen LogP contribution in [0.5, 0.6) is 0 Å². The van der Waals surface area contributed by atoms with E-state index in [-0.39, 0.29) is 5.25 Å². The predicted octanol–water partition coefficient (Wildman–Crippen LogP) is 3.62. The highest BCUT2D eigenvalue weighted by atomic mass is 32.1. The fourth-order valence-electron chi connectivity index (χ4n) is 0.613. The maximum atomic E-state index is 5.01. The lowest BCUT2D eigenvalue weighted by molar-refractivity contribution is -0.131. The number of thiol groups is 2. The van der Waals surface area contributed by atoms with Gasteiger partial charge in [0.05, 0.1) is 5.25 Å². The number of hydrogen-bond acceptors (Lipinski definition) is 4. The fraction of sp³-hybridized carbons (Fsp3) is 1.00. The molecule has 15 heavy (non-hydrogen) atoms. The summed E-state index contributed by atoms with van der Waals surface area (Å²) in [6, 6.07) is 0. The zero-order valence-electron chi connectivity index (χ0n) is 11.0. The number of rotatable bonds is 4. The van der Waals surface area contributed by atoms with Crippen molar-refractivity contribution in [2.75, 3.05) is 14.2 Å². The largest absolute Gasteiger partial charge is 0.344 e. The average molecular weight is 254 g/mol. The molecule has 0 N–H and O–H groups in total. The van der Waals surface area contributed by atoms with Gasteiger partial charge < -0.3 is 9.47 Å². The van der Waals surface area contributed by atoms with Gasteiger partial charge in [-0.1, -0.05) is 34.6 Å². The molecule has 0 aromatic rings. The highest BCUT2D eigenvalue weighted by Gasteiger charge is 2.31. The van der Waals surface area contributed by atoms with E-state index in [1.807, 2.05) is 6.92 Å². The molecule has 0 bridgehead atoms. The van der Waals surface area contributed by atoms with Crippen molar-refractivity contribution in [3.05, 3.63) is 0 Å². The summed E-state index contributed by atoms with van der Waals surface area (Å²) in [5.74, 6) is 0. The van der Waals surface area contributed by atoms with Crippen molar-refractivity contribution in [1.29, 1.82) is 0 Å². The van der Waals surface area contributed by atoms with E-state index in [9.17, 15) is 0 Å². The van der Waals surface area contributed by atoms with Crippen molar-refractivity contribution < 1.29 is 9.47 Å². The van der Waals surface area contributed by atoms with E-state index in [1.165, 1.54) is 0 Å². The van der Waals surface area contributed by atoms with Gasteiger partial charge in [0.2, 0.25) is 5.12 Å². The Morgan fingerprint density at radius 2 is 1.33 bits per heavy atom. The third-order valence-electron chi connectivity index (χ3n) is 1.39. The normalized spacial score (nSPS) is 14.2. The zero-order chi connectivity index (χ0) is 12.7. The molecule has 0 aromatic carbocycles. The van der Waals surface area contributed by atoms with Crippen LogP contribution in [0, 0.1) is 5.41 Å². The Bertz CT molecular complexity index is 145. The first-order chi connectivity index (χ1) is 6.60. The molecular formula is C11H26O2S2. The van der Waals surface area contributed by atoms with Crippen molar-refractivity contribution in [3.8, 4) is 0 Å². The molecule has 0 aromatic heterocycles. The number of hydrogen-bond donors (Lipinski definition) is 2. The summed E-state index contributed by atoms with van der Waals surface area (Å²) in [6.45, 7) is 10.8. The van der Waals surface area contributed by atoms with Crippen LogP contribution in [0.15, 0.2) is 0 Å². The first kappa shape index (κ1) is 18.0. The van der Waals surface area contributed by atoms with Gasteiger partial charge in [-0.25, -0.2) is 0 Å².